The molecule has 166 valence electrons. The molecule has 0 aliphatic heterocycles. The molecular formula is C23H41N3O2S. The first-order valence-corrected chi connectivity index (χ1v) is 12.4. The number of thiazole rings is 1. The van der Waals surface area contributed by atoms with Gasteiger partial charge in [0.05, 0.1) is 6.54 Å². The average molecular weight is 424 g/mol. The molecule has 1 N–H and O–H groups in total. The highest BCUT2D eigenvalue weighted by molar-refractivity contribution is 7.15. The Labute approximate surface area is 181 Å². The van der Waals surface area contributed by atoms with Crippen LogP contribution in [0.15, 0.2) is 6.20 Å². The smallest absolute Gasteiger partial charge is 0.245 e. The van der Waals surface area contributed by atoms with Crippen molar-refractivity contribution in [2.45, 2.75) is 104 Å². The van der Waals surface area contributed by atoms with Crippen LogP contribution in [-0.2, 0) is 9.59 Å². The SMILES string of the molecule is CCCCCCCCCCCC(=O)N(CCCCC)CC(=O)Nc1ncc(C)s1. The van der Waals surface area contributed by atoms with Crippen LogP contribution < -0.4 is 5.32 Å². The summed E-state index contributed by atoms with van der Waals surface area (Å²) in [5, 5.41) is 3.42. The summed E-state index contributed by atoms with van der Waals surface area (Å²) >= 11 is 1.45. The number of hydrogen-bond donors (Lipinski definition) is 1. The van der Waals surface area contributed by atoms with Gasteiger partial charge in [0.1, 0.15) is 0 Å². The molecule has 0 saturated carbocycles. The Hall–Kier alpha value is -1.43. The molecule has 2 amide bonds. The number of unbranched alkanes of at least 4 members (excludes halogenated alkanes) is 10. The second-order valence-corrected chi connectivity index (χ2v) is 9.16. The predicted molar refractivity (Wildman–Crippen MR) is 123 cm³/mol. The highest BCUT2D eigenvalue weighted by Gasteiger charge is 2.17. The van der Waals surface area contributed by atoms with Gasteiger partial charge in [0, 0.05) is 24.0 Å². The summed E-state index contributed by atoms with van der Waals surface area (Å²) in [7, 11) is 0. The van der Waals surface area contributed by atoms with Crippen LogP contribution >= 0.6 is 11.3 Å². The molecule has 1 heterocycles. The number of rotatable bonds is 17. The van der Waals surface area contributed by atoms with Crippen LogP contribution in [0.25, 0.3) is 0 Å². The second kappa shape index (κ2) is 16.4. The lowest BCUT2D eigenvalue weighted by molar-refractivity contribution is -0.134. The van der Waals surface area contributed by atoms with E-state index in [0.29, 0.717) is 18.1 Å². The highest BCUT2D eigenvalue weighted by atomic mass is 32.1. The minimum atomic E-state index is -0.156. The van der Waals surface area contributed by atoms with Gasteiger partial charge in [0.25, 0.3) is 0 Å². The zero-order chi connectivity index (χ0) is 21.3. The molecule has 0 saturated heterocycles. The lowest BCUT2D eigenvalue weighted by atomic mass is 10.1. The molecule has 1 aromatic heterocycles. The molecule has 0 fully saturated rings. The number of nitrogens with one attached hydrogen (secondary N) is 1. The van der Waals surface area contributed by atoms with E-state index in [-0.39, 0.29) is 18.4 Å². The van der Waals surface area contributed by atoms with Crippen molar-refractivity contribution in [1.29, 1.82) is 0 Å². The third-order valence-corrected chi connectivity index (χ3v) is 5.91. The Balaban J connectivity index is 2.31. The quantitative estimate of drug-likeness (QED) is 0.298. The largest absolute Gasteiger partial charge is 0.333 e. The first-order chi connectivity index (χ1) is 14.1. The molecule has 29 heavy (non-hydrogen) atoms. The van der Waals surface area contributed by atoms with E-state index in [1.807, 2.05) is 6.92 Å². The summed E-state index contributed by atoms with van der Waals surface area (Å²) < 4.78 is 0. The molecule has 1 aromatic rings. The molecule has 0 atom stereocenters. The molecule has 0 aliphatic carbocycles. The summed E-state index contributed by atoms with van der Waals surface area (Å²) in [4.78, 5) is 32.0. The number of anilines is 1. The monoisotopic (exact) mass is 423 g/mol. The van der Waals surface area contributed by atoms with Crippen molar-refractivity contribution in [1.82, 2.24) is 9.88 Å². The Kier molecular flexibility index (Phi) is 14.5. The Morgan fingerprint density at radius 3 is 2.10 bits per heavy atom. The van der Waals surface area contributed by atoms with Gasteiger partial charge in [-0.2, -0.15) is 0 Å². The molecule has 0 radical (unpaired) electrons. The van der Waals surface area contributed by atoms with E-state index in [1.54, 1.807) is 11.1 Å². The normalized spacial score (nSPS) is 10.9. The van der Waals surface area contributed by atoms with Gasteiger partial charge in [-0.15, -0.1) is 11.3 Å². The van der Waals surface area contributed by atoms with Gasteiger partial charge in [-0.3, -0.25) is 9.59 Å². The van der Waals surface area contributed by atoms with Gasteiger partial charge in [0.2, 0.25) is 11.8 Å². The van der Waals surface area contributed by atoms with Crippen molar-refractivity contribution in [2.24, 2.45) is 0 Å². The van der Waals surface area contributed by atoms with Crippen molar-refractivity contribution in [2.75, 3.05) is 18.4 Å². The van der Waals surface area contributed by atoms with Crippen LogP contribution in [0.1, 0.15) is 102 Å². The Morgan fingerprint density at radius 2 is 1.52 bits per heavy atom. The van der Waals surface area contributed by atoms with E-state index in [2.05, 4.69) is 24.1 Å². The molecule has 0 spiro atoms. The molecule has 6 heteroatoms. The summed E-state index contributed by atoms with van der Waals surface area (Å²) in [6, 6.07) is 0. The number of hydrogen-bond acceptors (Lipinski definition) is 4. The fourth-order valence-electron chi connectivity index (χ4n) is 3.33. The molecule has 0 aliphatic rings. The summed E-state index contributed by atoms with van der Waals surface area (Å²) in [5.74, 6) is -0.0502. The number of amides is 2. The first-order valence-electron chi connectivity index (χ1n) is 11.6. The van der Waals surface area contributed by atoms with Gasteiger partial charge in [0.15, 0.2) is 5.13 Å². The van der Waals surface area contributed by atoms with E-state index in [9.17, 15) is 9.59 Å². The molecule has 0 aromatic carbocycles. The van der Waals surface area contributed by atoms with Gasteiger partial charge >= 0.3 is 0 Å². The van der Waals surface area contributed by atoms with Crippen LogP contribution in [0.5, 0.6) is 0 Å². The minimum Gasteiger partial charge on any atom is -0.333 e. The summed E-state index contributed by atoms with van der Waals surface area (Å²) in [5.41, 5.74) is 0. The maximum Gasteiger partial charge on any atom is 0.245 e. The van der Waals surface area contributed by atoms with Gasteiger partial charge in [-0.1, -0.05) is 78.1 Å². The number of nitrogens with zero attached hydrogens (tertiary/aromatic N) is 2. The third-order valence-electron chi connectivity index (χ3n) is 5.08. The van der Waals surface area contributed by atoms with Crippen molar-refractivity contribution in [3.63, 3.8) is 0 Å². The number of aryl methyl sites for hydroxylation is 1. The Morgan fingerprint density at radius 1 is 0.931 bits per heavy atom. The fourth-order valence-corrected chi connectivity index (χ4v) is 4.01. The van der Waals surface area contributed by atoms with Crippen LogP contribution in [-0.4, -0.2) is 34.8 Å². The van der Waals surface area contributed by atoms with Crippen LogP contribution in [0, 0.1) is 6.92 Å². The average Bonchev–Trinajstić information content (AvgIpc) is 3.10. The highest BCUT2D eigenvalue weighted by Crippen LogP contribution is 2.16. The zero-order valence-electron chi connectivity index (χ0n) is 18.8. The zero-order valence-corrected chi connectivity index (χ0v) is 19.6. The van der Waals surface area contributed by atoms with Gasteiger partial charge in [-0.05, 0) is 19.8 Å². The fraction of sp³-hybridized carbons (Fsp3) is 0.783. The summed E-state index contributed by atoms with van der Waals surface area (Å²) in [6.45, 7) is 7.13. The van der Waals surface area contributed by atoms with E-state index < -0.39 is 0 Å². The number of aromatic nitrogens is 1. The van der Waals surface area contributed by atoms with E-state index >= 15 is 0 Å². The van der Waals surface area contributed by atoms with Gasteiger partial charge in [-0.25, -0.2) is 4.98 Å². The molecule has 0 unspecified atom stereocenters. The van der Waals surface area contributed by atoms with Crippen LogP contribution in [0.2, 0.25) is 0 Å². The minimum absolute atomic E-state index is 0.106. The topological polar surface area (TPSA) is 62.3 Å². The summed E-state index contributed by atoms with van der Waals surface area (Å²) in [6.07, 6.45) is 16.6. The molecule has 0 bridgehead atoms. The maximum absolute atomic E-state index is 12.7. The molecule has 5 nitrogen and oxygen atoms in total. The lowest BCUT2D eigenvalue weighted by Gasteiger charge is -2.22. The van der Waals surface area contributed by atoms with E-state index in [0.717, 1.165) is 37.0 Å². The van der Waals surface area contributed by atoms with Crippen molar-refractivity contribution < 1.29 is 9.59 Å². The van der Waals surface area contributed by atoms with E-state index in [4.69, 9.17) is 0 Å². The van der Waals surface area contributed by atoms with Crippen molar-refractivity contribution in [3.05, 3.63) is 11.1 Å². The molecule has 1 rings (SSSR count). The second-order valence-electron chi connectivity index (χ2n) is 7.93. The standard InChI is InChI=1S/C23H41N3O2S/c1-4-6-8-9-10-11-12-13-14-16-22(28)26(17-15-7-5-2)19-21(27)25-23-24-18-20(3)29-23/h18H,4-17,19H2,1-3H3,(H,24,25,27). The Bertz CT molecular complexity index is 574. The third kappa shape index (κ3) is 12.7. The van der Waals surface area contributed by atoms with Gasteiger partial charge < -0.3 is 10.2 Å². The van der Waals surface area contributed by atoms with Crippen LogP contribution in [0.3, 0.4) is 0 Å². The maximum atomic E-state index is 12.7. The lowest BCUT2D eigenvalue weighted by Crippen LogP contribution is -2.38. The van der Waals surface area contributed by atoms with E-state index in [1.165, 1.54) is 56.3 Å². The van der Waals surface area contributed by atoms with Crippen LogP contribution in [0.4, 0.5) is 5.13 Å². The van der Waals surface area contributed by atoms with Crippen molar-refractivity contribution >= 4 is 28.3 Å². The predicted octanol–water partition coefficient (Wildman–Crippen LogP) is 6.33. The van der Waals surface area contributed by atoms with Crippen molar-refractivity contribution in [3.8, 4) is 0 Å². The molecular weight excluding hydrogens is 382 g/mol. The first kappa shape index (κ1) is 25.6. The number of carbonyl (C=O) groups is 2. The number of carbonyl (C=O) groups excluding carboxylic acids is 2.